The van der Waals surface area contributed by atoms with E-state index in [9.17, 15) is 4.79 Å². The second-order valence-corrected chi connectivity index (χ2v) is 7.94. The van der Waals surface area contributed by atoms with Crippen molar-refractivity contribution in [2.24, 2.45) is 11.3 Å². The van der Waals surface area contributed by atoms with Crippen LogP contribution < -0.4 is 0 Å². The second-order valence-electron chi connectivity index (χ2n) is 6.20. The number of hydrogen-bond donors (Lipinski definition) is 0. The normalized spacial score (nSPS) is 30.0. The molecule has 0 radical (unpaired) electrons. The van der Waals surface area contributed by atoms with Gasteiger partial charge >= 0.3 is 0 Å². The van der Waals surface area contributed by atoms with Crippen LogP contribution in [-0.2, 0) is 19.0 Å². The molecule has 1 saturated heterocycles. The molecule has 0 unspecified atom stereocenters. The first-order chi connectivity index (χ1) is 9.31. The highest BCUT2D eigenvalue weighted by Crippen LogP contribution is 2.59. The van der Waals surface area contributed by atoms with E-state index in [1.165, 1.54) is 11.8 Å². The maximum atomic E-state index is 11.4. The Hall–Kier alpha value is -0.170. The first-order valence-electron chi connectivity index (χ1n) is 6.91. The fourth-order valence-electron chi connectivity index (χ4n) is 2.43. The molecule has 0 aromatic heterocycles. The summed E-state index contributed by atoms with van der Waals surface area (Å²) in [5.74, 6) is -0.427. The highest BCUT2D eigenvalue weighted by Gasteiger charge is 2.70. The Morgan fingerprint density at radius 3 is 2.50 bits per heavy atom. The number of rotatable bonds is 4. The van der Waals surface area contributed by atoms with Crippen molar-refractivity contribution in [3.8, 4) is 0 Å². The molecule has 6 heteroatoms. The summed E-state index contributed by atoms with van der Waals surface area (Å²) in [4.78, 5) is 11.4. The number of ether oxygens (including phenoxy) is 3. The summed E-state index contributed by atoms with van der Waals surface area (Å²) in [7, 11) is 0. The zero-order chi connectivity index (χ0) is 15.0. The fourth-order valence-corrected chi connectivity index (χ4v) is 4.10. The Balaban J connectivity index is 2.02. The van der Waals surface area contributed by atoms with E-state index in [4.69, 9.17) is 26.4 Å². The SMILES string of the molecule is CCOC(=S)S[C@@H]1[C@H](CC(C)=O)C12OCC(C)(C)CO2. The van der Waals surface area contributed by atoms with Crippen molar-refractivity contribution >= 4 is 34.1 Å². The minimum absolute atomic E-state index is 0.0181. The molecule has 2 atom stereocenters. The molecule has 0 N–H and O–H groups in total. The number of ketones is 1. The van der Waals surface area contributed by atoms with Crippen LogP contribution in [0.2, 0.25) is 0 Å². The molecule has 1 spiro atoms. The minimum atomic E-state index is -0.646. The van der Waals surface area contributed by atoms with Crippen LogP contribution in [-0.4, -0.2) is 41.0 Å². The Morgan fingerprint density at radius 1 is 1.40 bits per heavy atom. The highest BCUT2D eigenvalue weighted by atomic mass is 32.2. The molecule has 20 heavy (non-hydrogen) atoms. The van der Waals surface area contributed by atoms with Gasteiger partial charge < -0.3 is 19.0 Å². The van der Waals surface area contributed by atoms with Gasteiger partial charge in [-0.05, 0) is 26.1 Å². The first-order valence-corrected chi connectivity index (χ1v) is 8.20. The molecule has 0 amide bonds. The van der Waals surface area contributed by atoms with Gasteiger partial charge in [-0.3, -0.25) is 0 Å². The van der Waals surface area contributed by atoms with Crippen molar-refractivity contribution in [3.05, 3.63) is 0 Å². The van der Waals surface area contributed by atoms with Gasteiger partial charge in [0.2, 0.25) is 4.38 Å². The summed E-state index contributed by atoms with van der Waals surface area (Å²) < 4.78 is 17.8. The van der Waals surface area contributed by atoms with Gasteiger partial charge in [-0.2, -0.15) is 0 Å². The third-order valence-corrected chi connectivity index (χ3v) is 5.17. The van der Waals surface area contributed by atoms with E-state index in [2.05, 4.69) is 13.8 Å². The predicted octanol–water partition coefficient (Wildman–Crippen LogP) is 2.79. The van der Waals surface area contributed by atoms with E-state index in [1.807, 2.05) is 6.92 Å². The van der Waals surface area contributed by atoms with Gasteiger partial charge in [0.05, 0.1) is 25.1 Å². The summed E-state index contributed by atoms with van der Waals surface area (Å²) in [5, 5.41) is 0.0570. The number of thioether (sulfide) groups is 1. The van der Waals surface area contributed by atoms with Gasteiger partial charge in [-0.15, -0.1) is 0 Å². The van der Waals surface area contributed by atoms with Crippen molar-refractivity contribution < 1.29 is 19.0 Å². The van der Waals surface area contributed by atoms with Gasteiger partial charge in [-0.25, -0.2) is 0 Å². The molecule has 1 heterocycles. The minimum Gasteiger partial charge on any atom is -0.479 e. The zero-order valence-corrected chi connectivity index (χ0v) is 14.1. The lowest BCUT2D eigenvalue weighted by atomic mass is 9.95. The number of Topliss-reactive ketones (excluding diaryl/α,β-unsaturated/α-hetero) is 1. The monoisotopic (exact) mass is 318 g/mol. The average Bonchev–Trinajstić information content (AvgIpc) is 2.90. The van der Waals surface area contributed by atoms with Crippen molar-refractivity contribution in [3.63, 3.8) is 0 Å². The largest absolute Gasteiger partial charge is 0.479 e. The Morgan fingerprint density at radius 2 is 2.00 bits per heavy atom. The Labute approximate surface area is 129 Å². The third-order valence-electron chi connectivity index (χ3n) is 3.54. The summed E-state index contributed by atoms with van der Waals surface area (Å²) in [6.07, 6.45) is 0.465. The summed E-state index contributed by atoms with van der Waals surface area (Å²) >= 11 is 6.63. The molecular weight excluding hydrogens is 296 g/mol. The maximum Gasteiger partial charge on any atom is 0.220 e. The lowest BCUT2D eigenvalue weighted by Gasteiger charge is -2.36. The molecule has 1 aliphatic carbocycles. The standard InChI is InChI=1S/C14H22O4S2/c1-5-16-12(19)20-11-10(6-9(2)15)14(11)17-7-13(3,4)8-18-14/h10-11H,5-8H2,1-4H3/t10-,11+/m0/s1. The van der Waals surface area contributed by atoms with Crippen molar-refractivity contribution in [1.82, 2.24) is 0 Å². The van der Waals surface area contributed by atoms with Crippen LogP contribution in [0.15, 0.2) is 0 Å². The lowest BCUT2D eigenvalue weighted by Crippen LogP contribution is -2.41. The molecule has 0 bridgehead atoms. The summed E-state index contributed by atoms with van der Waals surface area (Å²) in [5.41, 5.74) is 0.0181. The van der Waals surface area contributed by atoms with Gasteiger partial charge in [-0.1, -0.05) is 25.6 Å². The molecule has 2 aliphatic rings. The van der Waals surface area contributed by atoms with Crippen LogP contribution >= 0.6 is 24.0 Å². The number of thiocarbonyl (C=S) groups is 1. The van der Waals surface area contributed by atoms with Crippen LogP contribution in [0.4, 0.5) is 0 Å². The molecule has 0 aromatic carbocycles. The van der Waals surface area contributed by atoms with Gasteiger partial charge in [0.15, 0.2) is 5.79 Å². The van der Waals surface area contributed by atoms with E-state index in [0.29, 0.717) is 30.6 Å². The van der Waals surface area contributed by atoms with E-state index in [-0.39, 0.29) is 22.4 Å². The molecular formula is C14H22O4S2. The van der Waals surface area contributed by atoms with Crippen molar-refractivity contribution in [2.45, 2.75) is 45.2 Å². The topological polar surface area (TPSA) is 44.8 Å². The fraction of sp³-hybridized carbons (Fsp3) is 0.857. The van der Waals surface area contributed by atoms with Crippen molar-refractivity contribution in [2.75, 3.05) is 19.8 Å². The third kappa shape index (κ3) is 3.35. The number of carbonyl (C=O) groups is 1. The van der Waals surface area contributed by atoms with Crippen LogP contribution in [0.1, 0.15) is 34.1 Å². The van der Waals surface area contributed by atoms with E-state index in [1.54, 1.807) is 6.92 Å². The maximum absolute atomic E-state index is 11.4. The first kappa shape index (κ1) is 16.2. The van der Waals surface area contributed by atoms with Crippen molar-refractivity contribution in [1.29, 1.82) is 0 Å². The van der Waals surface area contributed by atoms with Crippen LogP contribution in [0, 0.1) is 11.3 Å². The average molecular weight is 318 g/mol. The molecule has 114 valence electrons. The summed E-state index contributed by atoms with van der Waals surface area (Å²) in [6.45, 7) is 9.54. The lowest BCUT2D eigenvalue weighted by molar-refractivity contribution is -0.249. The highest BCUT2D eigenvalue weighted by molar-refractivity contribution is 8.23. The van der Waals surface area contributed by atoms with Crippen LogP contribution in [0.25, 0.3) is 0 Å². The van der Waals surface area contributed by atoms with E-state index < -0.39 is 5.79 Å². The molecule has 1 saturated carbocycles. The van der Waals surface area contributed by atoms with E-state index >= 15 is 0 Å². The molecule has 1 aliphatic heterocycles. The second kappa shape index (κ2) is 5.91. The number of carbonyl (C=O) groups excluding carboxylic acids is 1. The van der Waals surface area contributed by atoms with Crippen LogP contribution in [0.3, 0.4) is 0 Å². The summed E-state index contributed by atoms with van der Waals surface area (Å²) in [6, 6.07) is 0. The van der Waals surface area contributed by atoms with Gasteiger partial charge in [0, 0.05) is 17.8 Å². The molecule has 4 nitrogen and oxygen atoms in total. The molecule has 2 fully saturated rings. The smallest absolute Gasteiger partial charge is 0.220 e. The Bertz CT molecular complexity index is 398. The predicted molar refractivity (Wildman–Crippen MR) is 82.8 cm³/mol. The van der Waals surface area contributed by atoms with E-state index in [0.717, 1.165) is 0 Å². The molecule has 2 rings (SSSR count). The zero-order valence-electron chi connectivity index (χ0n) is 12.4. The Kier molecular flexibility index (Phi) is 4.79. The van der Waals surface area contributed by atoms with Gasteiger partial charge in [0.25, 0.3) is 0 Å². The quantitative estimate of drug-likeness (QED) is 0.743. The number of hydrogen-bond acceptors (Lipinski definition) is 6. The van der Waals surface area contributed by atoms with Gasteiger partial charge in [0.1, 0.15) is 5.78 Å². The van der Waals surface area contributed by atoms with Crippen LogP contribution in [0.5, 0.6) is 0 Å². The molecule has 0 aromatic rings.